The van der Waals surface area contributed by atoms with Gasteiger partial charge < -0.3 is 10.0 Å². The minimum absolute atomic E-state index is 0.0689. The summed E-state index contributed by atoms with van der Waals surface area (Å²) in [5.41, 5.74) is 4.36. The van der Waals surface area contributed by atoms with Crippen LogP contribution in [0.15, 0.2) is 0 Å². The summed E-state index contributed by atoms with van der Waals surface area (Å²) in [5, 5.41) is 8.52. The smallest absolute Gasteiger partial charge is 0.264 e. The average Bonchev–Trinajstić information content (AvgIpc) is 2.44. The van der Waals surface area contributed by atoms with E-state index in [-0.39, 0.29) is 17.7 Å². The molecule has 0 spiro atoms. The highest BCUT2D eigenvalue weighted by Gasteiger charge is 2.28. The predicted molar refractivity (Wildman–Crippen MR) is 67.6 cm³/mol. The van der Waals surface area contributed by atoms with Crippen molar-refractivity contribution in [1.82, 2.24) is 15.8 Å². The van der Waals surface area contributed by atoms with E-state index < -0.39 is 12.5 Å². The maximum absolute atomic E-state index is 11.8. The van der Waals surface area contributed by atoms with Crippen molar-refractivity contribution in [2.45, 2.75) is 32.6 Å². The van der Waals surface area contributed by atoms with E-state index in [1.54, 1.807) is 4.90 Å². The number of nitrogens with one attached hydrogen (secondary N) is 2. The highest BCUT2D eigenvalue weighted by molar-refractivity contribution is 5.84. The van der Waals surface area contributed by atoms with Crippen molar-refractivity contribution in [1.29, 1.82) is 0 Å². The molecular formula is C12H21N3O4. The third-order valence-electron chi connectivity index (χ3n) is 3.08. The van der Waals surface area contributed by atoms with Crippen LogP contribution in [0, 0.1) is 5.92 Å². The first-order valence-electron chi connectivity index (χ1n) is 6.55. The molecule has 1 rings (SSSR count). The Balaban J connectivity index is 2.43. The van der Waals surface area contributed by atoms with Crippen LogP contribution in [0.4, 0.5) is 0 Å². The Labute approximate surface area is 112 Å². The number of hydrogen-bond donors (Lipinski definition) is 3. The third-order valence-corrected chi connectivity index (χ3v) is 3.08. The number of hydrogen-bond acceptors (Lipinski definition) is 4. The number of piperidine rings is 1. The number of carbonyl (C=O) groups is 3. The number of hydrazine groups is 1. The lowest BCUT2D eigenvalue weighted by Gasteiger charge is -2.32. The van der Waals surface area contributed by atoms with Gasteiger partial charge in [-0.05, 0) is 19.3 Å². The van der Waals surface area contributed by atoms with E-state index in [4.69, 9.17) is 5.11 Å². The monoisotopic (exact) mass is 271 g/mol. The van der Waals surface area contributed by atoms with Crippen molar-refractivity contribution >= 4 is 17.7 Å². The number of carbonyl (C=O) groups excluding carboxylic acids is 3. The van der Waals surface area contributed by atoms with E-state index >= 15 is 0 Å². The van der Waals surface area contributed by atoms with Gasteiger partial charge >= 0.3 is 0 Å². The van der Waals surface area contributed by atoms with Crippen molar-refractivity contribution < 1.29 is 19.5 Å². The molecule has 1 heterocycles. The quantitative estimate of drug-likeness (QED) is 0.581. The van der Waals surface area contributed by atoms with E-state index in [0.29, 0.717) is 25.9 Å². The van der Waals surface area contributed by atoms with Crippen LogP contribution >= 0.6 is 0 Å². The van der Waals surface area contributed by atoms with Gasteiger partial charge in [-0.3, -0.25) is 25.2 Å². The van der Waals surface area contributed by atoms with E-state index in [1.165, 1.54) is 0 Å². The highest BCUT2D eigenvalue weighted by Crippen LogP contribution is 2.17. The highest BCUT2D eigenvalue weighted by atomic mass is 16.3. The number of amides is 3. The van der Waals surface area contributed by atoms with E-state index in [0.717, 1.165) is 12.8 Å². The maximum atomic E-state index is 11.8. The Morgan fingerprint density at radius 2 is 2.05 bits per heavy atom. The SMILES string of the molecule is CCCC(=O)N1CCC[C@@H](C(=O)NNC(=O)CO)C1. The van der Waals surface area contributed by atoms with Gasteiger partial charge in [0.05, 0.1) is 5.92 Å². The molecule has 1 aliphatic rings. The lowest BCUT2D eigenvalue weighted by atomic mass is 9.97. The van der Waals surface area contributed by atoms with Gasteiger partial charge in [0.2, 0.25) is 11.8 Å². The molecule has 0 bridgehead atoms. The van der Waals surface area contributed by atoms with Gasteiger partial charge in [-0.2, -0.15) is 0 Å². The number of aliphatic hydroxyl groups excluding tert-OH is 1. The minimum atomic E-state index is -0.675. The second-order valence-corrected chi connectivity index (χ2v) is 4.62. The molecule has 1 atom stereocenters. The molecule has 1 aliphatic heterocycles. The van der Waals surface area contributed by atoms with E-state index in [2.05, 4.69) is 10.9 Å². The van der Waals surface area contributed by atoms with Crippen LogP contribution in [0.1, 0.15) is 32.6 Å². The molecular weight excluding hydrogens is 250 g/mol. The molecule has 0 aliphatic carbocycles. The fourth-order valence-corrected chi connectivity index (χ4v) is 2.06. The molecule has 0 radical (unpaired) electrons. The van der Waals surface area contributed by atoms with Crippen molar-refractivity contribution in [2.75, 3.05) is 19.7 Å². The molecule has 7 nitrogen and oxygen atoms in total. The number of aliphatic hydroxyl groups is 1. The molecule has 1 saturated heterocycles. The standard InChI is InChI=1S/C12H21N3O4/c1-2-4-11(18)15-6-3-5-9(7-15)12(19)14-13-10(17)8-16/h9,16H,2-8H2,1H3,(H,13,17)(H,14,19)/t9-/m1/s1. The van der Waals surface area contributed by atoms with Crippen LogP contribution in [0.3, 0.4) is 0 Å². The molecule has 108 valence electrons. The van der Waals surface area contributed by atoms with Gasteiger partial charge in [-0.1, -0.05) is 6.92 Å². The Morgan fingerprint density at radius 3 is 2.68 bits per heavy atom. The average molecular weight is 271 g/mol. The van der Waals surface area contributed by atoms with Crippen molar-refractivity contribution in [3.63, 3.8) is 0 Å². The summed E-state index contributed by atoms with van der Waals surface area (Å²) in [6.07, 6.45) is 2.76. The first-order chi connectivity index (χ1) is 9.08. The summed E-state index contributed by atoms with van der Waals surface area (Å²) in [7, 11) is 0. The summed E-state index contributed by atoms with van der Waals surface area (Å²) in [6, 6.07) is 0. The summed E-state index contributed by atoms with van der Waals surface area (Å²) < 4.78 is 0. The van der Waals surface area contributed by atoms with Gasteiger partial charge in [-0.15, -0.1) is 0 Å². The normalized spacial score (nSPS) is 18.8. The molecule has 0 aromatic heterocycles. The number of rotatable bonds is 4. The number of nitrogens with zero attached hydrogens (tertiary/aromatic N) is 1. The van der Waals surface area contributed by atoms with Crippen molar-refractivity contribution in [2.24, 2.45) is 5.92 Å². The Hall–Kier alpha value is -1.63. The van der Waals surface area contributed by atoms with E-state index in [1.807, 2.05) is 6.92 Å². The van der Waals surface area contributed by atoms with Crippen LogP contribution in [0.5, 0.6) is 0 Å². The maximum Gasteiger partial charge on any atom is 0.264 e. The minimum Gasteiger partial charge on any atom is -0.386 e. The first-order valence-corrected chi connectivity index (χ1v) is 6.55. The Morgan fingerprint density at radius 1 is 1.32 bits per heavy atom. The first kappa shape index (κ1) is 15.4. The van der Waals surface area contributed by atoms with Gasteiger partial charge in [0.25, 0.3) is 5.91 Å². The zero-order chi connectivity index (χ0) is 14.3. The molecule has 19 heavy (non-hydrogen) atoms. The van der Waals surface area contributed by atoms with Crippen LogP contribution in [-0.2, 0) is 14.4 Å². The summed E-state index contributed by atoms with van der Waals surface area (Å²) in [6.45, 7) is 2.34. The fourth-order valence-electron chi connectivity index (χ4n) is 2.06. The second-order valence-electron chi connectivity index (χ2n) is 4.62. The zero-order valence-corrected chi connectivity index (χ0v) is 11.1. The molecule has 0 unspecified atom stereocenters. The molecule has 0 saturated carbocycles. The fraction of sp³-hybridized carbons (Fsp3) is 0.750. The van der Waals surface area contributed by atoms with Crippen molar-refractivity contribution in [3.8, 4) is 0 Å². The predicted octanol–water partition coefficient (Wildman–Crippen LogP) is -0.835. The second kappa shape index (κ2) is 7.73. The number of likely N-dealkylation sites (tertiary alicyclic amines) is 1. The summed E-state index contributed by atoms with van der Waals surface area (Å²) in [4.78, 5) is 36.1. The van der Waals surface area contributed by atoms with E-state index in [9.17, 15) is 14.4 Å². The zero-order valence-electron chi connectivity index (χ0n) is 11.1. The van der Waals surface area contributed by atoms with Gasteiger partial charge in [-0.25, -0.2) is 0 Å². The molecule has 0 aromatic carbocycles. The topological polar surface area (TPSA) is 98.7 Å². The van der Waals surface area contributed by atoms with Crippen LogP contribution in [0.25, 0.3) is 0 Å². The molecule has 0 aromatic rings. The van der Waals surface area contributed by atoms with Gasteiger partial charge in [0.15, 0.2) is 0 Å². The summed E-state index contributed by atoms with van der Waals surface area (Å²) in [5.74, 6) is -1.23. The van der Waals surface area contributed by atoms with Gasteiger partial charge in [0.1, 0.15) is 6.61 Å². The van der Waals surface area contributed by atoms with Crippen molar-refractivity contribution in [3.05, 3.63) is 0 Å². The molecule has 7 heteroatoms. The van der Waals surface area contributed by atoms with Crippen LogP contribution in [-0.4, -0.2) is 47.4 Å². The van der Waals surface area contributed by atoms with Crippen LogP contribution < -0.4 is 10.9 Å². The Kier molecular flexibility index (Phi) is 6.27. The lowest BCUT2D eigenvalue weighted by molar-refractivity contribution is -0.137. The molecule has 3 N–H and O–H groups in total. The third kappa shape index (κ3) is 4.86. The van der Waals surface area contributed by atoms with Gasteiger partial charge in [0, 0.05) is 19.5 Å². The molecule has 3 amide bonds. The molecule has 1 fully saturated rings. The van der Waals surface area contributed by atoms with Crippen LogP contribution in [0.2, 0.25) is 0 Å². The largest absolute Gasteiger partial charge is 0.386 e. The summed E-state index contributed by atoms with van der Waals surface area (Å²) >= 11 is 0. The lowest BCUT2D eigenvalue weighted by Crippen LogP contribution is -2.50. The Bertz CT molecular complexity index is 346.